The van der Waals surface area contributed by atoms with Gasteiger partial charge in [-0.1, -0.05) is 9.67 Å². The summed E-state index contributed by atoms with van der Waals surface area (Å²) in [6.45, 7) is 1.91. The summed E-state index contributed by atoms with van der Waals surface area (Å²) in [6.07, 6.45) is 2.21. The van der Waals surface area contributed by atoms with Crippen LogP contribution in [-0.2, 0) is 25.6 Å². The number of carboxylic acid groups (broad SMARTS) is 1. The minimum Gasteiger partial charge on any atom is -0.543 e. The van der Waals surface area contributed by atoms with Gasteiger partial charge in [-0.3, -0.25) is 14.5 Å². The van der Waals surface area contributed by atoms with Crippen LogP contribution >= 0.6 is 23.1 Å². The summed E-state index contributed by atoms with van der Waals surface area (Å²) in [5.74, 6) is -2.30. The zero-order valence-corrected chi connectivity index (χ0v) is 20.8. The molecule has 12 nitrogen and oxygen atoms in total. The molecular weight excluding hydrogens is 506 g/mol. The number of hydrogen-bond acceptors (Lipinski definition) is 10. The second kappa shape index (κ2) is 9.28. The van der Waals surface area contributed by atoms with Gasteiger partial charge in [0, 0.05) is 29.7 Å². The quantitative estimate of drug-likeness (QED) is 0.154. The third kappa shape index (κ3) is 3.97. The lowest BCUT2D eigenvalue weighted by atomic mass is 9.98. The zero-order valence-electron chi connectivity index (χ0n) is 19.2. The average Bonchev–Trinajstić information content (AvgIpc) is 3.42. The fourth-order valence-corrected chi connectivity index (χ4v) is 6.27. The molecule has 4 N–H and O–H groups in total. The van der Waals surface area contributed by atoms with Crippen molar-refractivity contribution in [2.45, 2.75) is 24.8 Å². The highest BCUT2D eigenvalue weighted by atomic mass is 32.2. The monoisotopic (exact) mass is 527 g/mol. The van der Waals surface area contributed by atoms with Crippen LogP contribution in [0.2, 0.25) is 0 Å². The minimum absolute atomic E-state index is 0.138. The molecule has 14 heteroatoms. The molecule has 1 fully saturated rings. The van der Waals surface area contributed by atoms with Gasteiger partial charge >= 0.3 is 0 Å². The van der Waals surface area contributed by atoms with E-state index in [0.29, 0.717) is 17.7 Å². The van der Waals surface area contributed by atoms with Crippen molar-refractivity contribution in [2.24, 2.45) is 5.16 Å². The molecular formula is C22H21N7O5S2. The number of aromatic amines is 1. The highest BCUT2D eigenvalue weighted by Gasteiger charge is 2.53. The average molecular weight is 528 g/mol. The Morgan fingerprint density at radius 1 is 1.44 bits per heavy atom. The summed E-state index contributed by atoms with van der Waals surface area (Å²) in [6, 6.07) is 4.78. The van der Waals surface area contributed by atoms with E-state index < -0.39 is 29.2 Å². The van der Waals surface area contributed by atoms with Gasteiger partial charge in [0.2, 0.25) is 11.7 Å². The second-order valence-electron chi connectivity index (χ2n) is 8.14. The Bertz CT molecular complexity index is 1460. The number of fused-ring (bicyclic) bond motifs is 2. The van der Waals surface area contributed by atoms with Crippen molar-refractivity contribution in [1.29, 1.82) is 0 Å². The molecule has 0 aromatic carbocycles. The molecule has 186 valence electrons. The molecule has 1 saturated heterocycles. The van der Waals surface area contributed by atoms with Crippen molar-refractivity contribution >= 4 is 57.2 Å². The SMILES string of the molecule is CO/N=C(\C(=O)N[C@@H]1C(=O)N2C(C(=O)[O-])=C(Cc3c(C)[nH][n+]4ccccc34)CS[C@H]12)c1csc(N)n1. The molecule has 0 radical (unpaired) electrons. The zero-order chi connectivity index (χ0) is 25.6. The van der Waals surface area contributed by atoms with Crippen LogP contribution in [0, 0.1) is 6.92 Å². The Hall–Kier alpha value is -3.91. The number of aromatic nitrogens is 3. The van der Waals surface area contributed by atoms with Crippen LogP contribution in [0.3, 0.4) is 0 Å². The fraction of sp³-hybridized carbons (Fsp3) is 0.273. The molecule has 0 bridgehead atoms. The van der Waals surface area contributed by atoms with Gasteiger partial charge in [-0.2, -0.15) is 5.10 Å². The number of anilines is 1. The van der Waals surface area contributed by atoms with E-state index in [2.05, 4.69) is 20.6 Å². The number of thioether (sulfide) groups is 1. The maximum Gasteiger partial charge on any atom is 0.276 e. The predicted molar refractivity (Wildman–Crippen MR) is 130 cm³/mol. The number of oxime groups is 1. The van der Waals surface area contributed by atoms with E-state index in [-0.39, 0.29) is 22.2 Å². The normalized spacial score (nSPS) is 19.8. The van der Waals surface area contributed by atoms with E-state index in [0.717, 1.165) is 28.1 Å². The molecule has 5 heterocycles. The lowest BCUT2D eigenvalue weighted by Gasteiger charge is -2.50. The highest BCUT2D eigenvalue weighted by Crippen LogP contribution is 2.41. The van der Waals surface area contributed by atoms with Crippen molar-refractivity contribution in [2.75, 3.05) is 18.6 Å². The molecule has 2 aliphatic rings. The van der Waals surface area contributed by atoms with Crippen LogP contribution in [0.5, 0.6) is 0 Å². The number of pyridine rings is 1. The summed E-state index contributed by atoms with van der Waals surface area (Å²) < 4.78 is 1.86. The van der Waals surface area contributed by atoms with Crippen molar-refractivity contribution in [3.05, 3.63) is 58.0 Å². The number of carbonyl (C=O) groups is 3. The molecule has 3 aromatic rings. The lowest BCUT2D eigenvalue weighted by Crippen LogP contribution is -2.71. The summed E-state index contributed by atoms with van der Waals surface area (Å²) in [5.41, 5.74) is 8.89. The number of nitrogens with one attached hydrogen (secondary N) is 2. The first-order valence-electron chi connectivity index (χ1n) is 10.8. The van der Waals surface area contributed by atoms with Gasteiger partial charge in [0.05, 0.1) is 22.9 Å². The van der Waals surface area contributed by atoms with E-state index in [4.69, 9.17) is 10.6 Å². The minimum atomic E-state index is -1.43. The van der Waals surface area contributed by atoms with Gasteiger partial charge in [-0.25, -0.2) is 4.98 Å². The maximum absolute atomic E-state index is 13.1. The molecule has 2 atom stereocenters. The summed E-state index contributed by atoms with van der Waals surface area (Å²) >= 11 is 2.50. The van der Waals surface area contributed by atoms with Gasteiger partial charge in [0.1, 0.15) is 24.2 Å². The maximum atomic E-state index is 13.1. The van der Waals surface area contributed by atoms with Crippen molar-refractivity contribution < 1.29 is 28.8 Å². The van der Waals surface area contributed by atoms with Crippen LogP contribution in [0.15, 0.2) is 46.2 Å². The summed E-state index contributed by atoms with van der Waals surface area (Å²) in [4.78, 5) is 48.1. The molecule has 2 amide bonds. The number of aliphatic carboxylic acids is 1. The number of β-lactam (4-membered cyclic amide) rings is 1. The lowest BCUT2D eigenvalue weighted by molar-refractivity contribution is -0.577. The number of nitrogens with zero attached hydrogens (tertiary/aromatic N) is 4. The van der Waals surface area contributed by atoms with Crippen molar-refractivity contribution in [3.8, 4) is 0 Å². The Balaban J connectivity index is 1.39. The van der Waals surface area contributed by atoms with Crippen molar-refractivity contribution in [1.82, 2.24) is 20.3 Å². The number of nitrogen functional groups attached to an aromatic ring is 1. The number of thiazole rings is 1. The van der Waals surface area contributed by atoms with E-state index in [1.165, 1.54) is 23.8 Å². The second-order valence-corrected chi connectivity index (χ2v) is 10.1. The summed E-state index contributed by atoms with van der Waals surface area (Å²) in [7, 11) is 1.28. The van der Waals surface area contributed by atoms with Crippen LogP contribution in [0.1, 0.15) is 17.0 Å². The number of carboxylic acids is 1. The Labute approximate surface area is 212 Å². The number of rotatable bonds is 7. The topological polar surface area (TPSA) is 170 Å². The molecule has 3 aromatic heterocycles. The van der Waals surface area contributed by atoms with Gasteiger partial charge in [-0.05, 0) is 18.6 Å². The van der Waals surface area contributed by atoms with Gasteiger partial charge in [-0.15, -0.1) is 23.1 Å². The predicted octanol–water partition coefficient (Wildman–Crippen LogP) is -0.902. The van der Waals surface area contributed by atoms with Gasteiger partial charge in [0.15, 0.2) is 10.8 Å². The van der Waals surface area contributed by atoms with E-state index in [1.807, 2.05) is 35.8 Å². The molecule has 0 saturated carbocycles. The standard InChI is InChI=1S/C22H21N7O5S2/c1-10-12(14-5-3-4-6-28(14)26-10)7-11-8-35-20-16(19(31)29(20)17(11)21(32)33)25-18(30)15(27-34-2)13-9-36-22(23)24-13/h3-6,9,16,20H,7-8H2,1-2H3,(H4,23,24,25,30,32,33)/b27-15-/t16-,20-/m1/s1. The van der Waals surface area contributed by atoms with E-state index in [9.17, 15) is 19.5 Å². The fourth-order valence-electron chi connectivity index (χ4n) is 4.37. The van der Waals surface area contributed by atoms with Gasteiger partial charge in [0.25, 0.3) is 11.8 Å². The Kier molecular flexibility index (Phi) is 6.14. The molecule has 0 unspecified atom stereocenters. The van der Waals surface area contributed by atoms with E-state index in [1.54, 1.807) is 5.38 Å². The number of aryl methyl sites for hydroxylation is 1. The van der Waals surface area contributed by atoms with Gasteiger partial charge < -0.3 is 25.8 Å². The largest absolute Gasteiger partial charge is 0.543 e. The number of H-pyrrole nitrogens is 1. The smallest absolute Gasteiger partial charge is 0.276 e. The number of carbonyl (C=O) groups excluding carboxylic acids is 3. The number of nitrogens with two attached hydrogens (primary N) is 1. The number of hydrogen-bond donors (Lipinski definition) is 3. The third-order valence-corrected chi connectivity index (χ3v) is 8.00. The first kappa shape index (κ1) is 23.8. The molecule has 36 heavy (non-hydrogen) atoms. The Morgan fingerprint density at radius 2 is 2.25 bits per heavy atom. The van der Waals surface area contributed by atoms with E-state index >= 15 is 0 Å². The Morgan fingerprint density at radius 3 is 2.94 bits per heavy atom. The van der Waals surface area contributed by atoms with Crippen LogP contribution < -0.4 is 20.7 Å². The van der Waals surface area contributed by atoms with Crippen LogP contribution in [0.25, 0.3) is 5.52 Å². The van der Waals surface area contributed by atoms with Crippen LogP contribution in [0.4, 0.5) is 5.13 Å². The molecule has 2 aliphatic heterocycles. The van der Waals surface area contributed by atoms with Crippen molar-refractivity contribution in [3.63, 3.8) is 0 Å². The number of amides is 2. The first-order valence-corrected chi connectivity index (χ1v) is 12.7. The molecule has 0 spiro atoms. The molecule has 0 aliphatic carbocycles. The first-order chi connectivity index (χ1) is 17.3. The summed E-state index contributed by atoms with van der Waals surface area (Å²) in [5, 5.41) is 22.9. The van der Waals surface area contributed by atoms with Crippen LogP contribution in [-0.4, -0.2) is 62.8 Å². The highest BCUT2D eigenvalue weighted by molar-refractivity contribution is 8.00. The third-order valence-electron chi connectivity index (χ3n) is 5.99. The molecule has 5 rings (SSSR count).